The van der Waals surface area contributed by atoms with E-state index in [1.807, 2.05) is 24.3 Å². The van der Waals surface area contributed by atoms with Crippen molar-refractivity contribution in [2.75, 3.05) is 0 Å². The van der Waals surface area contributed by atoms with Crippen molar-refractivity contribution in [3.05, 3.63) is 35.8 Å². The molecule has 1 aliphatic carbocycles. The molecule has 0 heterocycles. The fraction of sp³-hybridized carbons (Fsp3) is 0. The van der Waals surface area contributed by atoms with Crippen LogP contribution in [-0.4, -0.2) is 0 Å². The Morgan fingerprint density at radius 3 is 0.900 bits per heavy atom. The summed E-state index contributed by atoms with van der Waals surface area (Å²) < 4.78 is 0. The number of hydrogen-bond donors (Lipinski definition) is 0. The monoisotopic (exact) mass is 362 g/mol. The predicted molar refractivity (Wildman–Crippen MR) is 25.3 cm³/mol. The molecule has 0 aromatic heterocycles. The summed E-state index contributed by atoms with van der Waals surface area (Å²) in [4.78, 5) is 0. The second-order valence-electron chi connectivity index (χ2n) is 1.00. The van der Waals surface area contributed by atoms with Crippen LogP contribution in [-0.2, 0) is 39.0 Å². The minimum atomic E-state index is 0. The van der Waals surface area contributed by atoms with Gasteiger partial charge in [0, 0.05) is 39.0 Å². The molecule has 4 heteroatoms. The number of allylic oxidation sites excluding steroid dienone is 2. The maximum Gasteiger partial charge on any atom is 0 e. The molecule has 48 valence electrons. The Bertz CT molecular complexity index is 131. The Kier molecular flexibility index (Phi) is 37.5. The normalized spacial score (nSPS) is 8.00. The number of halogens is 2. The molecule has 0 saturated carbocycles. The van der Waals surface area contributed by atoms with Crippen LogP contribution in [0.5, 0.6) is 0 Å². The first-order valence-corrected chi connectivity index (χ1v) is 1.82. The summed E-state index contributed by atoms with van der Waals surface area (Å²) >= 11 is 0. The molecule has 0 nitrogen and oxygen atoms in total. The van der Waals surface area contributed by atoms with E-state index in [1.165, 1.54) is 0 Å². The molecule has 0 fully saturated rings. The van der Waals surface area contributed by atoms with Crippen molar-refractivity contribution >= 4 is 0 Å². The SMILES string of the molecule is C1=CC=C=CC=1.[Br-].[Br-].[Zn].[Zn]. The average Bonchev–Trinajstić information content (AvgIpc) is 1.72. The van der Waals surface area contributed by atoms with Gasteiger partial charge in [0.2, 0.25) is 0 Å². The van der Waals surface area contributed by atoms with Gasteiger partial charge in [-0.25, -0.2) is 0 Å². The fourth-order valence-electron chi connectivity index (χ4n) is 0.304. The molecule has 0 unspecified atom stereocenters. The largest absolute Gasteiger partial charge is 1.00 e. The van der Waals surface area contributed by atoms with E-state index in [-0.39, 0.29) is 72.9 Å². The van der Waals surface area contributed by atoms with Crippen molar-refractivity contribution in [1.82, 2.24) is 0 Å². The minimum absolute atomic E-state index is 0. The fourth-order valence-corrected chi connectivity index (χ4v) is 0.304. The van der Waals surface area contributed by atoms with Crippen LogP contribution < -0.4 is 34.0 Å². The Morgan fingerprint density at radius 2 is 0.800 bits per heavy atom. The maximum absolute atomic E-state index is 2.86. The first-order valence-electron chi connectivity index (χ1n) is 1.82. The summed E-state index contributed by atoms with van der Waals surface area (Å²) in [6, 6.07) is 0. The molecule has 0 saturated heterocycles. The van der Waals surface area contributed by atoms with Gasteiger partial charge in [0.1, 0.15) is 0 Å². The Hall–Kier alpha value is 1.25. The summed E-state index contributed by atoms with van der Waals surface area (Å²) in [6.45, 7) is 0. The van der Waals surface area contributed by atoms with Crippen LogP contribution in [0.1, 0.15) is 0 Å². The Balaban J connectivity index is -0.0000000450. The van der Waals surface area contributed by atoms with Crippen LogP contribution >= 0.6 is 0 Å². The van der Waals surface area contributed by atoms with E-state index in [4.69, 9.17) is 0 Å². The van der Waals surface area contributed by atoms with Gasteiger partial charge in [-0.05, 0) is 24.3 Å². The van der Waals surface area contributed by atoms with Crippen LogP contribution in [0.15, 0.2) is 35.8 Å². The van der Waals surface area contributed by atoms with E-state index >= 15 is 0 Å². The molecular weight excluding hydrogens is 363 g/mol. The van der Waals surface area contributed by atoms with Crippen LogP contribution in [0.2, 0.25) is 0 Å². The standard InChI is InChI=1S/C6H4.2BrH.2Zn/c1-2-4-6-5-3-1;;;;/h1-2,5-6H;2*1H;;/p-2. The van der Waals surface area contributed by atoms with Gasteiger partial charge >= 0.3 is 0 Å². The van der Waals surface area contributed by atoms with E-state index in [0.29, 0.717) is 0 Å². The van der Waals surface area contributed by atoms with E-state index < -0.39 is 0 Å². The summed E-state index contributed by atoms with van der Waals surface area (Å²) in [6.07, 6.45) is 7.28. The molecule has 0 aliphatic heterocycles. The minimum Gasteiger partial charge on any atom is -1.00 e. The zero-order valence-electron chi connectivity index (χ0n) is 5.48. The maximum atomic E-state index is 2.86. The molecule has 1 rings (SSSR count). The summed E-state index contributed by atoms with van der Waals surface area (Å²) in [5.41, 5.74) is 5.72. The second kappa shape index (κ2) is 16.7. The van der Waals surface area contributed by atoms with Crippen LogP contribution in [0, 0.1) is 0 Å². The molecule has 0 aromatic carbocycles. The molecular formula is C6H4Br2Zn2-2. The van der Waals surface area contributed by atoms with Crippen LogP contribution in [0.4, 0.5) is 0 Å². The van der Waals surface area contributed by atoms with Gasteiger partial charge in [-0.2, -0.15) is 0 Å². The second-order valence-corrected chi connectivity index (χ2v) is 1.00. The van der Waals surface area contributed by atoms with Crippen LogP contribution in [0.25, 0.3) is 0 Å². The Morgan fingerprint density at radius 1 is 0.600 bits per heavy atom. The number of rotatable bonds is 0. The molecule has 0 atom stereocenters. The topological polar surface area (TPSA) is 0 Å². The molecule has 0 amide bonds. The van der Waals surface area contributed by atoms with Crippen molar-refractivity contribution in [1.29, 1.82) is 0 Å². The molecule has 0 bridgehead atoms. The van der Waals surface area contributed by atoms with Gasteiger partial charge in [-0.3, -0.25) is 0 Å². The van der Waals surface area contributed by atoms with E-state index in [1.54, 1.807) is 0 Å². The zero-order valence-corrected chi connectivity index (χ0v) is 14.6. The van der Waals surface area contributed by atoms with Crippen molar-refractivity contribution < 1.29 is 72.9 Å². The smallest absolute Gasteiger partial charge is 0 e. The van der Waals surface area contributed by atoms with Gasteiger partial charge in [-0.15, -0.1) is 11.5 Å². The van der Waals surface area contributed by atoms with Crippen molar-refractivity contribution in [2.45, 2.75) is 0 Å². The summed E-state index contributed by atoms with van der Waals surface area (Å²) in [5.74, 6) is 0. The third kappa shape index (κ3) is 12.0. The third-order valence-electron chi connectivity index (χ3n) is 0.552. The molecule has 0 aromatic rings. The molecule has 0 spiro atoms. The van der Waals surface area contributed by atoms with Gasteiger partial charge < -0.3 is 34.0 Å². The van der Waals surface area contributed by atoms with Gasteiger partial charge in [0.15, 0.2) is 0 Å². The van der Waals surface area contributed by atoms with E-state index in [2.05, 4.69) is 11.5 Å². The van der Waals surface area contributed by atoms with Gasteiger partial charge in [0.05, 0.1) is 0 Å². The van der Waals surface area contributed by atoms with E-state index in [0.717, 1.165) is 0 Å². The van der Waals surface area contributed by atoms with E-state index in [9.17, 15) is 0 Å². The predicted octanol–water partition coefficient (Wildman–Crippen LogP) is -4.57. The van der Waals surface area contributed by atoms with Crippen molar-refractivity contribution in [3.8, 4) is 0 Å². The van der Waals surface area contributed by atoms with Gasteiger partial charge in [0.25, 0.3) is 0 Å². The zero-order chi connectivity index (χ0) is 4.24. The first-order chi connectivity index (χ1) is 3.00. The summed E-state index contributed by atoms with van der Waals surface area (Å²) in [7, 11) is 0. The Labute approximate surface area is 108 Å². The molecule has 0 N–H and O–H groups in total. The molecule has 10 heavy (non-hydrogen) atoms. The third-order valence-corrected chi connectivity index (χ3v) is 0.552. The average molecular weight is 367 g/mol. The van der Waals surface area contributed by atoms with Crippen molar-refractivity contribution in [3.63, 3.8) is 0 Å². The number of hydrogen-bond acceptors (Lipinski definition) is 0. The quantitative estimate of drug-likeness (QED) is 0.299. The first kappa shape index (κ1) is 22.5. The van der Waals surface area contributed by atoms with Crippen LogP contribution in [0.3, 0.4) is 0 Å². The summed E-state index contributed by atoms with van der Waals surface area (Å²) in [5, 5.41) is 0. The van der Waals surface area contributed by atoms with Gasteiger partial charge in [-0.1, -0.05) is 0 Å². The molecule has 1 aliphatic rings. The molecule has 0 radical (unpaired) electrons. The van der Waals surface area contributed by atoms with Crippen molar-refractivity contribution in [2.24, 2.45) is 0 Å².